The molecule has 4 heterocycles. The van der Waals surface area contributed by atoms with E-state index in [0.717, 1.165) is 11.1 Å². The standard InChI is InChI=1S/C31H24N4O4S/c1-17(2)27-32-33-30(40-27)35-28(37)26-24(25(36)20-12-6-9-15-23(20)39-26)31(35)21-13-7-8-14-22(21)34(29(31)38)16-19-11-5-4-10-18(19)3/h4-15,17H,16H2,1-3H3. The normalized spacial score (nSPS) is 17.9. The number of anilines is 2. The number of fused-ring (bicyclic) bond motifs is 5. The second-order valence-electron chi connectivity index (χ2n) is 10.4. The van der Waals surface area contributed by atoms with E-state index in [-0.39, 0.29) is 34.5 Å². The number of aryl methyl sites for hydroxylation is 1. The highest BCUT2D eigenvalue weighted by Crippen LogP contribution is 2.54. The Morgan fingerprint density at radius 1 is 0.925 bits per heavy atom. The van der Waals surface area contributed by atoms with Gasteiger partial charge in [0.2, 0.25) is 10.9 Å². The van der Waals surface area contributed by atoms with E-state index in [0.29, 0.717) is 21.6 Å². The Morgan fingerprint density at radius 2 is 1.65 bits per heavy atom. The molecule has 7 rings (SSSR count). The van der Waals surface area contributed by atoms with Crippen LogP contribution < -0.4 is 15.2 Å². The number of carbonyl (C=O) groups excluding carboxylic acids is 2. The monoisotopic (exact) mass is 548 g/mol. The van der Waals surface area contributed by atoms with E-state index in [1.54, 1.807) is 35.2 Å². The van der Waals surface area contributed by atoms with Crippen molar-refractivity contribution >= 4 is 44.9 Å². The molecule has 1 atom stereocenters. The molecule has 0 saturated heterocycles. The molecule has 0 fully saturated rings. The molecule has 9 heteroatoms. The molecule has 40 heavy (non-hydrogen) atoms. The van der Waals surface area contributed by atoms with Gasteiger partial charge in [-0.1, -0.05) is 79.8 Å². The van der Waals surface area contributed by atoms with Crippen molar-refractivity contribution in [2.75, 3.05) is 9.80 Å². The molecule has 8 nitrogen and oxygen atoms in total. The van der Waals surface area contributed by atoms with Crippen LogP contribution >= 0.6 is 11.3 Å². The predicted molar refractivity (Wildman–Crippen MR) is 153 cm³/mol. The molecule has 2 aliphatic heterocycles. The molecule has 0 saturated carbocycles. The molecular formula is C31H24N4O4S. The first-order valence-electron chi connectivity index (χ1n) is 13.0. The van der Waals surface area contributed by atoms with E-state index in [1.165, 1.54) is 16.2 Å². The molecule has 0 N–H and O–H groups in total. The van der Waals surface area contributed by atoms with E-state index >= 15 is 0 Å². The largest absolute Gasteiger partial charge is 0.450 e. The van der Waals surface area contributed by atoms with Crippen LogP contribution in [0.5, 0.6) is 0 Å². The number of amides is 2. The first kappa shape index (κ1) is 24.4. The summed E-state index contributed by atoms with van der Waals surface area (Å²) >= 11 is 1.24. The third kappa shape index (κ3) is 3.15. The van der Waals surface area contributed by atoms with Crippen LogP contribution in [0.2, 0.25) is 0 Å². The van der Waals surface area contributed by atoms with Crippen molar-refractivity contribution in [2.45, 2.75) is 38.8 Å². The van der Waals surface area contributed by atoms with Crippen molar-refractivity contribution in [3.05, 3.63) is 116 Å². The SMILES string of the molecule is Cc1ccccc1CN1C(=O)C2(c3ccccc31)c1c(oc3ccccc3c1=O)C(=O)N2c1nnc(C(C)C)s1. The van der Waals surface area contributed by atoms with Gasteiger partial charge >= 0.3 is 0 Å². The van der Waals surface area contributed by atoms with Gasteiger partial charge in [-0.25, -0.2) is 0 Å². The lowest BCUT2D eigenvalue weighted by molar-refractivity contribution is -0.121. The topological polar surface area (TPSA) is 96.6 Å². The second kappa shape index (κ2) is 8.69. The fourth-order valence-corrected chi connectivity index (χ4v) is 6.67. The van der Waals surface area contributed by atoms with Gasteiger partial charge in [0.1, 0.15) is 10.6 Å². The summed E-state index contributed by atoms with van der Waals surface area (Å²) < 4.78 is 6.12. The zero-order valence-electron chi connectivity index (χ0n) is 22.0. The summed E-state index contributed by atoms with van der Waals surface area (Å²) in [5.74, 6) is -1.09. The third-order valence-electron chi connectivity index (χ3n) is 7.74. The number of rotatable bonds is 4. The molecule has 198 valence electrons. The molecule has 2 aliphatic rings. The highest BCUT2D eigenvalue weighted by molar-refractivity contribution is 7.15. The Kier molecular flexibility index (Phi) is 5.30. The van der Waals surface area contributed by atoms with Gasteiger partial charge in [-0.15, -0.1) is 10.2 Å². The number of aromatic nitrogens is 2. The van der Waals surface area contributed by atoms with E-state index in [1.807, 2.05) is 63.2 Å². The number of hydrogen-bond acceptors (Lipinski definition) is 7. The van der Waals surface area contributed by atoms with Crippen molar-refractivity contribution in [2.24, 2.45) is 0 Å². The molecule has 5 aromatic rings. The fourth-order valence-electron chi connectivity index (χ4n) is 5.77. The summed E-state index contributed by atoms with van der Waals surface area (Å²) in [4.78, 5) is 46.4. The molecule has 2 amide bonds. The Hall–Kier alpha value is -4.63. The van der Waals surface area contributed by atoms with Gasteiger partial charge in [-0.05, 0) is 36.2 Å². The lowest BCUT2D eigenvalue weighted by atomic mass is 9.84. The molecule has 0 radical (unpaired) electrons. The zero-order valence-corrected chi connectivity index (χ0v) is 22.9. The van der Waals surface area contributed by atoms with Gasteiger partial charge in [0, 0.05) is 11.5 Å². The van der Waals surface area contributed by atoms with Crippen molar-refractivity contribution in [1.29, 1.82) is 0 Å². The third-order valence-corrected chi connectivity index (χ3v) is 8.95. The average molecular weight is 549 g/mol. The van der Waals surface area contributed by atoms with Crippen molar-refractivity contribution in [3.8, 4) is 0 Å². The van der Waals surface area contributed by atoms with Crippen LogP contribution in [-0.2, 0) is 16.9 Å². The molecule has 1 unspecified atom stereocenters. The Labute approximate surface area is 233 Å². The lowest BCUT2D eigenvalue weighted by Crippen LogP contribution is -2.53. The maximum absolute atomic E-state index is 14.9. The molecule has 0 aliphatic carbocycles. The van der Waals surface area contributed by atoms with Crippen molar-refractivity contribution < 1.29 is 14.0 Å². The van der Waals surface area contributed by atoms with E-state index in [9.17, 15) is 14.4 Å². The lowest BCUT2D eigenvalue weighted by Gasteiger charge is -2.32. The van der Waals surface area contributed by atoms with Gasteiger partial charge < -0.3 is 9.32 Å². The summed E-state index contributed by atoms with van der Waals surface area (Å²) in [7, 11) is 0. The van der Waals surface area contributed by atoms with Crippen LogP contribution in [0, 0.1) is 6.92 Å². The van der Waals surface area contributed by atoms with Gasteiger partial charge in [-0.2, -0.15) is 0 Å². The minimum absolute atomic E-state index is 0.0160. The molecule has 0 bridgehead atoms. The summed E-state index contributed by atoms with van der Waals surface area (Å²) in [5.41, 5.74) is 1.25. The fraction of sp³-hybridized carbons (Fsp3) is 0.194. The number of benzene rings is 3. The number of para-hydroxylation sites is 2. The maximum Gasteiger partial charge on any atom is 0.297 e. The van der Waals surface area contributed by atoms with Crippen LogP contribution in [-0.4, -0.2) is 22.0 Å². The first-order chi connectivity index (χ1) is 19.3. The van der Waals surface area contributed by atoms with E-state index in [2.05, 4.69) is 10.2 Å². The first-order valence-corrected chi connectivity index (χ1v) is 13.9. The minimum atomic E-state index is -1.79. The van der Waals surface area contributed by atoms with Gasteiger partial charge in [0.05, 0.1) is 23.2 Å². The molecule has 3 aromatic carbocycles. The van der Waals surface area contributed by atoms with Crippen LogP contribution in [0.1, 0.15) is 57.6 Å². The summed E-state index contributed by atoms with van der Waals surface area (Å²) in [6.45, 7) is 6.23. The minimum Gasteiger partial charge on any atom is -0.450 e. The summed E-state index contributed by atoms with van der Waals surface area (Å²) in [5, 5.41) is 9.93. The Bertz CT molecular complexity index is 1930. The molecule has 1 spiro atoms. The van der Waals surface area contributed by atoms with Crippen LogP contribution in [0.3, 0.4) is 0 Å². The average Bonchev–Trinajstić information content (AvgIpc) is 3.60. The second-order valence-corrected chi connectivity index (χ2v) is 11.4. The quantitative estimate of drug-likeness (QED) is 0.293. The molecular weight excluding hydrogens is 524 g/mol. The smallest absolute Gasteiger partial charge is 0.297 e. The maximum atomic E-state index is 14.9. The highest BCUT2D eigenvalue weighted by Gasteiger charge is 2.66. The summed E-state index contributed by atoms with van der Waals surface area (Å²) in [6, 6.07) is 21.9. The number of carbonyl (C=O) groups is 2. The van der Waals surface area contributed by atoms with Crippen LogP contribution in [0.15, 0.2) is 82.0 Å². The number of hydrogen-bond donors (Lipinski definition) is 0. The van der Waals surface area contributed by atoms with E-state index in [4.69, 9.17) is 4.42 Å². The predicted octanol–water partition coefficient (Wildman–Crippen LogP) is 5.53. The van der Waals surface area contributed by atoms with Gasteiger partial charge in [0.25, 0.3) is 11.8 Å². The highest BCUT2D eigenvalue weighted by atomic mass is 32.1. The van der Waals surface area contributed by atoms with Crippen LogP contribution in [0.4, 0.5) is 10.8 Å². The zero-order chi connectivity index (χ0) is 27.8. The van der Waals surface area contributed by atoms with Crippen molar-refractivity contribution in [3.63, 3.8) is 0 Å². The van der Waals surface area contributed by atoms with Gasteiger partial charge in [-0.3, -0.25) is 19.3 Å². The number of nitrogens with zero attached hydrogens (tertiary/aromatic N) is 4. The summed E-state index contributed by atoms with van der Waals surface area (Å²) in [6.07, 6.45) is 0. The molecule has 2 aromatic heterocycles. The van der Waals surface area contributed by atoms with E-state index < -0.39 is 22.8 Å². The van der Waals surface area contributed by atoms with Crippen molar-refractivity contribution in [1.82, 2.24) is 10.2 Å². The van der Waals surface area contributed by atoms with Crippen LogP contribution in [0.25, 0.3) is 11.0 Å². The van der Waals surface area contributed by atoms with Gasteiger partial charge in [0.15, 0.2) is 11.0 Å². The Morgan fingerprint density at radius 3 is 2.42 bits per heavy atom. The Balaban J connectivity index is 1.55.